The Balaban J connectivity index is 2.21. The first-order chi connectivity index (χ1) is 10.9. The van der Waals surface area contributed by atoms with Crippen molar-refractivity contribution in [3.8, 4) is 0 Å². The van der Waals surface area contributed by atoms with Crippen LogP contribution in [0.2, 0.25) is 0 Å². The number of nitrogen functional groups attached to an aromatic ring is 1. The largest absolute Gasteiger partial charge is 0.383 e. The maximum absolute atomic E-state index is 14.9. The normalized spacial score (nSPS) is 16.8. The van der Waals surface area contributed by atoms with Crippen LogP contribution in [0.1, 0.15) is 12.2 Å². The number of benzene rings is 1. The first-order valence-corrected chi connectivity index (χ1v) is 7.44. The zero-order valence-corrected chi connectivity index (χ0v) is 13.0. The lowest BCUT2D eigenvalue weighted by Gasteiger charge is -2.24. The third-order valence-corrected chi connectivity index (χ3v) is 4.12. The number of hydrogen-bond acceptors (Lipinski definition) is 5. The minimum Gasteiger partial charge on any atom is -0.383 e. The van der Waals surface area contributed by atoms with Gasteiger partial charge < -0.3 is 15.5 Å². The van der Waals surface area contributed by atoms with E-state index in [-0.39, 0.29) is 22.8 Å². The van der Waals surface area contributed by atoms with E-state index in [4.69, 9.17) is 5.73 Å². The second kappa shape index (κ2) is 5.84. The molecule has 124 valence electrons. The smallest absolute Gasteiger partial charge is 0.186 e. The molecule has 1 aliphatic rings. The average Bonchev–Trinajstić information content (AvgIpc) is 2.70. The van der Waals surface area contributed by atoms with Crippen molar-refractivity contribution < 1.29 is 13.2 Å². The molecule has 2 N–H and O–H groups in total. The van der Waals surface area contributed by atoms with Gasteiger partial charge in [-0.15, -0.1) is 0 Å². The second-order valence-corrected chi connectivity index (χ2v) is 5.81. The topological polar surface area (TPSA) is 58.3 Å². The zero-order chi connectivity index (χ0) is 16.7. The molecule has 2 aromatic rings. The Morgan fingerprint density at radius 3 is 2.43 bits per heavy atom. The molecule has 1 saturated heterocycles. The highest BCUT2D eigenvalue weighted by molar-refractivity contribution is 5.92. The van der Waals surface area contributed by atoms with E-state index < -0.39 is 22.8 Å². The Labute approximate surface area is 131 Å². The van der Waals surface area contributed by atoms with Crippen molar-refractivity contribution in [2.45, 2.75) is 13.3 Å². The summed E-state index contributed by atoms with van der Waals surface area (Å²) in [7, 11) is 1.94. The number of aromatic nitrogens is 2. The average molecular weight is 325 g/mol. The number of rotatable bonds is 1. The van der Waals surface area contributed by atoms with E-state index in [1.165, 1.54) is 11.8 Å². The van der Waals surface area contributed by atoms with Crippen molar-refractivity contribution in [1.29, 1.82) is 0 Å². The molecule has 0 unspecified atom stereocenters. The predicted octanol–water partition coefficient (Wildman–Crippen LogP) is 2.08. The van der Waals surface area contributed by atoms with Gasteiger partial charge in [0.1, 0.15) is 22.8 Å². The van der Waals surface area contributed by atoms with E-state index in [0.717, 1.165) is 13.0 Å². The van der Waals surface area contributed by atoms with Crippen LogP contribution < -0.4 is 10.6 Å². The number of halogens is 3. The summed E-state index contributed by atoms with van der Waals surface area (Å²) in [6, 6.07) is 0. The number of hydrogen-bond donors (Lipinski definition) is 1. The van der Waals surface area contributed by atoms with Crippen molar-refractivity contribution in [3.63, 3.8) is 0 Å². The van der Waals surface area contributed by atoms with E-state index in [1.807, 2.05) is 7.05 Å². The molecule has 0 bridgehead atoms. The molecule has 1 fully saturated rings. The number of nitrogens with zero attached hydrogens (tertiary/aromatic N) is 4. The number of likely N-dealkylation sites (N-methyl/N-ethyl adjacent to an activating group) is 1. The molecule has 2 heterocycles. The Kier molecular flexibility index (Phi) is 4.01. The van der Waals surface area contributed by atoms with Gasteiger partial charge >= 0.3 is 0 Å². The van der Waals surface area contributed by atoms with Crippen LogP contribution in [0.15, 0.2) is 0 Å². The summed E-state index contributed by atoms with van der Waals surface area (Å²) >= 11 is 0. The molecule has 0 amide bonds. The van der Waals surface area contributed by atoms with Crippen molar-refractivity contribution in [2.24, 2.45) is 0 Å². The van der Waals surface area contributed by atoms with Crippen molar-refractivity contribution in [1.82, 2.24) is 14.9 Å². The van der Waals surface area contributed by atoms with Gasteiger partial charge in [-0.05, 0) is 26.9 Å². The van der Waals surface area contributed by atoms with E-state index in [2.05, 4.69) is 14.9 Å². The van der Waals surface area contributed by atoms with Gasteiger partial charge in [0.2, 0.25) is 0 Å². The van der Waals surface area contributed by atoms with Crippen molar-refractivity contribution >= 4 is 22.4 Å². The van der Waals surface area contributed by atoms with E-state index in [9.17, 15) is 13.2 Å². The molecule has 1 aromatic carbocycles. The van der Waals surface area contributed by atoms with E-state index in [1.54, 1.807) is 0 Å². The van der Waals surface area contributed by atoms with Crippen molar-refractivity contribution in [3.05, 3.63) is 23.3 Å². The molecule has 23 heavy (non-hydrogen) atoms. The Bertz CT molecular complexity index is 765. The number of anilines is 2. The molecule has 1 aromatic heterocycles. The maximum Gasteiger partial charge on any atom is 0.186 e. The summed E-state index contributed by atoms with van der Waals surface area (Å²) < 4.78 is 43.8. The van der Waals surface area contributed by atoms with E-state index in [0.29, 0.717) is 19.6 Å². The quantitative estimate of drug-likeness (QED) is 0.814. The molecule has 1 aliphatic heterocycles. The molecule has 0 atom stereocenters. The molecule has 0 radical (unpaired) electrons. The fourth-order valence-corrected chi connectivity index (χ4v) is 2.94. The molecule has 0 saturated carbocycles. The lowest BCUT2D eigenvalue weighted by Crippen LogP contribution is -2.30. The van der Waals surface area contributed by atoms with Crippen LogP contribution >= 0.6 is 0 Å². The summed E-state index contributed by atoms with van der Waals surface area (Å²) in [5.41, 5.74) is 4.97. The Morgan fingerprint density at radius 1 is 0.957 bits per heavy atom. The minimum atomic E-state index is -1.24. The van der Waals surface area contributed by atoms with Crippen LogP contribution in [0.3, 0.4) is 0 Å². The van der Waals surface area contributed by atoms with Gasteiger partial charge in [0.25, 0.3) is 0 Å². The number of fused-ring (bicyclic) bond motifs is 1. The first kappa shape index (κ1) is 15.8. The number of nitrogens with two attached hydrogens (primary N) is 1. The van der Waals surface area contributed by atoms with Crippen LogP contribution in [-0.2, 0) is 0 Å². The van der Waals surface area contributed by atoms with Crippen LogP contribution in [0.4, 0.5) is 24.7 Å². The highest BCUT2D eigenvalue weighted by Crippen LogP contribution is 2.35. The predicted molar refractivity (Wildman–Crippen MR) is 82.9 cm³/mol. The van der Waals surface area contributed by atoms with Crippen LogP contribution in [0.5, 0.6) is 0 Å². The van der Waals surface area contributed by atoms with Gasteiger partial charge in [0.05, 0.1) is 5.39 Å². The van der Waals surface area contributed by atoms with Gasteiger partial charge in [0, 0.05) is 19.6 Å². The minimum absolute atomic E-state index is 0.210. The molecule has 5 nitrogen and oxygen atoms in total. The summed E-state index contributed by atoms with van der Waals surface area (Å²) in [6.45, 7) is 3.85. The fourth-order valence-electron chi connectivity index (χ4n) is 2.94. The number of aryl methyl sites for hydroxylation is 1. The zero-order valence-electron chi connectivity index (χ0n) is 13.0. The third-order valence-electron chi connectivity index (χ3n) is 4.12. The summed E-state index contributed by atoms with van der Waals surface area (Å²) in [4.78, 5) is 11.3. The lowest BCUT2D eigenvalue weighted by atomic mass is 10.1. The molecule has 0 aliphatic carbocycles. The standard InChI is InChI=1S/C15H18F3N5/c1-8-20-13-9(15(19)21-8)10(16)11(17)14(12(13)18)23-5-3-4-22(2)6-7-23/h3-7H2,1-2H3,(H2,19,20,21). The Morgan fingerprint density at radius 2 is 1.70 bits per heavy atom. The molecule has 0 spiro atoms. The van der Waals surface area contributed by atoms with Gasteiger partial charge in [0.15, 0.2) is 17.5 Å². The summed E-state index contributed by atoms with van der Waals surface area (Å²) in [5.74, 6) is -3.38. The molecular formula is C15H18F3N5. The highest BCUT2D eigenvalue weighted by Gasteiger charge is 2.28. The molecule has 8 heteroatoms. The van der Waals surface area contributed by atoms with Crippen molar-refractivity contribution in [2.75, 3.05) is 43.9 Å². The van der Waals surface area contributed by atoms with Crippen LogP contribution in [0, 0.1) is 24.4 Å². The molecular weight excluding hydrogens is 307 g/mol. The SMILES string of the molecule is Cc1nc(N)c2c(F)c(F)c(N3CCCN(C)CC3)c(F)c2n1. The third kappa shape index (κ3) is 2.67. The van der Waals surface area contributed by atoms with Crippen LogP contribution in [0.25, 0.3) is 10.9 Å². The van der Waals surface area contributed by atoms with E-state index >= 15 is 0 Å². The van der Waals surface area contributed by atoms with Gasteiger partial charge in [-0.3, -0.25) is 0 Å². The summed E-state index contributed by atoms with van der Waals surface area (Å²) in [6.07, 6.45) is 0.736. The first-order valence-electron chi connectivity index (χ1n) is 7.44. The van der Waals surface area contributed by atoms with Crippen LogP contribution in [-0.4, -0.2) is 48.1 Å². The monoisotopic (exact) mass is 325 g/mol. The maximum atomic E-state index is 14.9. The lowest BCUT2D eigenvalue weighted by molar-refractivity contribution is 0.360. The summed E-state index contributed by atoms with van der Waals surface area (Å²) in [5, 5.41) is -0.402. The van der Waals surface area contributed by atoms with Gasteiger partial charge in [-0.2, -0.15) is 0 Å². The van der Waals surface area contributed by atoms with Gasteiger partial charge in [-0.1, -0.05) is 0 Å². The highest BCUT2D eigenvalue weighted by atomic mass is 19.2. The Hall–Kier alpha value is -2.09. The van der Waals surface area contributed by atoms with Gasteiger partial charge in [-0.25, -0.2) is 23.1 Å². The fraction of sp³-hybridized carbons (Fsp3) is 0.467. The second-order valence-electron chi connectivity index (χ2n) is 5.81. The molecule has 3 rings (SSSR count).